The molecule has 2 atom stereocenters. The highest BCUT2D eigenvalue weighted by Gasteiger charge is 2.25. The fourth-order valence-corrected chi connectivity index (χ4v) is 3.73. The molecular formula is C12H22N2O2S. The summed E-state index contributed by atoms with van der Waals surface area (Å²) in [5.41, 5.74) is 7.31. The molecule has 0 amide bonds. The van der Waals surface area contributed by atoms with Crippen molar-refractivity contribution in [3.8, 4) is 0 Å². The maximum absolute atomic E-state index is 11.5. The van der Waals surface area contributed by atoms with Crippen molar-refractivity contribution in [2.75, 3.05) is 19.3 Å². The third-order valence-electron chi connectivity index (χ3n) is 3.72. The molecule has 2 fully saturated rings. The van der Waals surface area contributed by atoms with Crippen LogP contribution in [0.4, 0.5) is 0 Å². The molecule has 0 aromatic heterocycles. The molecule has 4 nitrogen and oxygen atoms in total. The second kappa shape index (κ2) is 5.08. The smallest absolute Gasteiger partial charge is 0.211 e. The fourth-order valence-electron chi connectivity index (χ4n) is 2.81. The standard InChI is InChI=1S/C12H22N2O2S/c1-17(15,16)14-6-2-3-11(9-14)7-10-4-5-12(13)8-10/h7,11-12H,2-6,8-9,13H2,1H3/b10-7+. The first-order valence-electron chi connectivity index (χ1n) is 6.35. The Hall–Kier alpha value is -0.390. The van der Waals surface area contributed by atoms with Crippen molar-refractivity contribution < 1.29 is 8.42 Å². The Morgan fingerprint density at radius 1 is 1.41 bits per heavy atom. The zero-order valence-electron chi connectivity index (χ0n) is 10.4. The molecule has 1 saturated carbocycles. The van der Waals surface area contributed by atoms with E-state index < -0.39 is 10.0 Å². The zero-order valence-corrected chi connectivity index (χ0v) is 11.2. The number of hydrogen-bond acceptors (Lipinski definition) is 3. The van der Waals surface area contributed by atoms with E-state index in [1.165, 1.54) is 11.8 Å². The molecule has 98 valence electrons. The maximum atomic E-state index is 11.5. The second-order valence-electron chi connectivity index (χ2n) is 5.35. The van der Waals surface area contributed by atoms with Gasteiger partial charge in [-0.3, -0.25) is 0 Å². The Morgan fingerprint density at radius 2 is 2.18 bits per heavy atom. The fraction of sp³-hybridized carbons (Fsp3) is 0.833. The van der Waals surface area contributed by atoms with Gasteiger partial charge in [-0.25, -0.2) is 12.7 Å². The van der Waals surface area contributed by atoms with E-state index in [9.17, 15) is 8.42 Å². The van der Waals surface area contributed by atoms with Crippen molar-refractivity contribution in [1.29, 1.82) is 0 Å². The molecule has 2 rings (SSSR count). The Labute approximate surface area is 104 Å². The summed E-state index contributed by atoms with van der Waals surface area (Å²) in [5, 5.41) is 0. The Morgan fingerprint density at radius 3 is 2.76 bits per heavy atom. The minimum Gasteiger partial charge on any atom is -0.327 e. The molecule has 0 spiro atoms. The lowest BCUT2D eigenvalue weighted by atomic mass is 9.96. The topological polar surface area (TPSA) is 63.4 Å². The van der Waals surface area contributed by atoms with E-state index in [-0.39, 0.29) is 0 Å². The number of hydrogen-bond donors (Lipinski definition) is 1. The molecule has 17 heavy (non-hydrogen) atoms. The molecule has 1 aliphatic carbocycles. The molecule has 2 N–H and O–H groups in total. The van der Waals surface area contributed by atoms with Crippen LogP contribution in [0.2, 0.25) is 0 Å². The monoisotopic (exact) mass is 258 g/mol. The summed E-state index contributed by atoms with van der Waals surface area (Å²) in [6.45, 7) is 1.33. The number of nitrogens with two attached hydrogens (primary N) is 1. The number of rotatable bonds is 2. The maximum Gasteiger partial charge on any atom is 0.211 e. The van der Waals surface area contributed by atoms with Gasteiger partial charge in [-0.2, -0.15) is 0 Å². The first-order valence-corrected chi connectivity index (χ1v) is 8.20. The zero-order chi connectivity index (χ0) is 12.5. The van der Waals surface area contributed by atoms with E-state index in [2.05, 4.69) is 6.08 Å². The van der Waals surface area contributed by atoms with Crippen LogP contribution >= 0.6 is 0 Å². The highest BCUT2D eigenvalue weighted by Crippen LogP contribution is 2.28. The number of piperidine rings is 1. The van der Waals surface area contributed by atoms with E-state index in [0.29, 0.717) is 25.0 Å². The van der Waals surface area contributed by atoms with Gasteiger partial charge in [0.25, 0.3) is 0 Å². The summed E-state index contributed by atoms with van der Waals surface area (Å²) in [4.78, 5) is 0. The summed E-state index contributed by atoms with van der Waals surface area (Å²) in [6.07, 6.45) is 8.82. The van der Waals surface area contributed by atoms with Gasteiger partial charge in [-0.1, -0.05) is 11.6 Å². The van der Waals surface area contributed by atoms with E-state index in [1.807, 2.05) is 0 Å². The lowest BCUT2D eigenvalue weighted by Crippen LogP contribution is -2.38. The predicted molar refractivity (Wildman–Crippen MR) is 69.1 cm³/mol. The second-order valence-corrected chi connectivity index (χ2v) is 7.33. The van der Waals surface area contributed by atoms with Crippen LogP contribution in [0.3, 0.4) is 0 Å². The van der Waals surface area contributed by atoms with Gasteiger partial charge in [-0.15, -0.1) is 0 Å². The largest absolute Gasteiger partial charge is 0.327 e. The molecule has 2 aliphatic rings. The normalized spacial score (nSPS) is 34.4. The van der Waals surface area contributed by atoms with Gasteiger partial charge < -0.3 is 5.73 Å². The molecule has 0 radical (unpaired) electrons. The minimum atomic E-state index is -3.02. The van der Waals surface area contributed by atoms with Crippen molar-refractivity contribution in [1.82, 2.24) is 4.31 Å². The van der Waals surface area contributed by atoms with Crippen LogP contribution in [0.25, 0.3) is 0 Å². The molecule has 0 aromatic carbocycles. The van der Waals surface area contributed by atoms with Crippen molar-refractivity contribution in [2.24, 2.45) is 11.7 Å². The average molecular weight is 258 g/mol. The predicted octanol–water partition coefficient (Wildman–Crippen LogP) is 1.10. The van der Waals surface area contributed by atoms with Crippen molar-refractivity contribution >= 4 is 10.0 Å². The molecule has 1 aliphatic heterocycles. The molecule has 0 bridgehead atoms. The Kier molecular flexibility index (Phi) is 3.90. The molecule has 1 saturated heterocycles. The summed E-state index contributed by atoms with van der Waals surface area (Å²) in [6, 6.07) is 0.316. The van der Waals surface area contributed by atoms with E-state index in [4.69, 9.17) is 5.73 Å². The third kappa shape index (κ3) is 3.53. The van der Waals surface area contributed by atoms with Gasteiger partial charge in [0.1, 0.15) is 0 Å². The van der Waals surface area contributed by atoms with Crippen LogP contribution < -0.4 is 5.73 Å². The van der Waals surface area contributed by atoms with Crippen LogP contribution in [0.15, 0.2) is 11.6 Å². The molecule has 1 heterocycles. The van der Waals surface area contributed by atoms with Gasteiger partial charge in [0.05, 0.1) is 6.26 Å². The first-order chi connectivity index (χ1) is 7.95. The number of sulfonamides is 1. The van der Waals surface area contributed by atoms with Crippen molar-refractivity contribution in [2.45, 2.75) is 38.1 Å². The van der Waals surface area contributed by atoms with Crippen molar-refractivity contribution in [3.63, 3.8) is 0 Å². The van der Waals surface area contributed by atoms with E-state index in [0.717, 1.165) is 32.1 Å². The third-order valence-corrected chi connectivity index (χ3v) is 4.99. The van der Waals surface area contributed by atoms with Gasteiger partial charge >= 0.3 is 0 Å². The van der Waals surface area contributed by atoms with Gasteiger partial charge in [0, 0.05) is 19.1 Å². The van der Waals surface area contributed by atoms with E-state index >= 15 is 0 Å². The van der Waals surface area contributed by atoms with Crippen molar-refractivity contribution in [3.05, 3.63) is 11.6 Å². The summed E-state index contributed by atoms with van der Waals surface area (Å²) in [5.74, 6) is 0.388. The molecule has 2 unspecified atom stereocenters. The molecule has 5 heteroatoms. The van der Waals surface area contributed by atoms with Crippen LogP contribution in [0.5, 0.6) is 0 Å². The van der Waals surface area contributed by atoms with Gasteiger partial charge in [0.15, 0.2) is 0 Å². The molecular weight excluding hydrogens is 236 g/mol. The van der Waals surface area contributed by atoms with Crippen LogP contribution in [-0.4, -0.2) is 38.1 Å². The Bertz CT molecular complexity index is 403. The Balaban J connectivity index is 1.98. The SMILES string of the molecule is CS(=O)(=O)N1CCCC(/C=C2\CCC(N)C2)C1. The molecule has 0 aromatic rings. The number of nitrogens with zero attached hydrogens (tertiary/aromatic N) is 1. The highest BCUT2D eigenvalue weighted by molar-refractivity contribution is 7.88. The van der Waals surface area contributed by atoms with E-state index in [1.54, 1.807) is 4.31 Å². The summed E-state index contributed by atoms with van der Waals surface area (Å²) < 4.78 is 24.6. The quantitative estimate of drug-likeness (QED) is 0.754. The first kappa shape index (κ1) is 13.1. The van der Waals surface area contributed by atoms with Crippen LogP contribution in [0, 0.1) is 5.92 Å². The van der Waals surface area contributed by atoms with Gasteiger partial charge in [-0.05, 0) is 38.0 Å². The van der Waals surface area contributed by atoms with Crippen LogP contribution in [-0.2, 0) is 10.0 Å². The summed E-state index contributed by atoms with van der Waals surface area (Å²) >= 11 is 0. The van der Waals surface area contributed by atoms with Crippen LogP contribution in [0.1, 0.15) is 32.1 Å². The minimum absolute atomic E-state index is 0.316. The van der Waals surface area contributed by atoms with Gasteiger partial charge in [0.2, 0.25) is 10.0 Å². The highest BCUT2D eigenvalue weighted by atomic mass is 32.2. The summed E-state index contributed by atoms with van der Waals surface area (Å²) in [7, 11) is -3.02. The lowest BCUT2D eigenvalue weighted by molar-refractivity contribution is 0.301. The average Bonchev–Trinajstić information content (AvgIpc) is 2.63. The lowest BCUT2D eigenvalue weighted by Gasteiger charge is -2.29.